The Kier molecular flexibility index (Phi) is 5.88. The topological polar surface area (TPSA) is 56.1 Å². The van der Waals surface area contributed by atoms with Gasteiger partial charge in [0, 0.05) is 24.8 Å². The van der Waals surface area contributed by atoms with Crippen molar-refractivity contribution in [3.63, 3.8) is 0 Å². The van der Waals surface area contributed by atoms with Crippen molar-refractivity contribution in [1.82, 2.24) is 9.55 Å². The van der Waals surface area contributed by atoms with E-state index in [2.05, 4.69) is 20.9 Å². The van der Waals surface area contributed by atoms with Crippen LogP contribution in [0.3, 0.4) is 0 Å². The van der Waals surface area contributed by atoms with Crippen LogP contribution in [0.2, 0.25) is 0 Å². The first-order chi connectivity index (χ1) is 13.7. The molecule has 152 valence electrons. The third-order valence-corrected chi connectivity index (χ3v) is 6.43. The van der Waals surface area contributed by atoms with E-state index in [1.54, 1.807) is 6.07 Å². The highest BCUT2D eigenvalue weighted by molar-refractivity contribution is 5.86. The Labute approximate surface area is 167 Å². The average molecular weight is 384 g/mol. The minimum Gasteiger partial charge on any atom is -0.477 e. The maximum Gasteiger partial charge on any atom is 0.227 e. The second kappa shape index (κ2) is 8.54. The fraction of sp³-hybridized carbons (Fsp3) is 0.652. The lowest BCUT2D eigenvalue weighted by molar-refractivity contribution is 0.330. The van der Waals surface area contributed by atoms with E-state index in [1.807, 2.05) is 13.8 Å². The van der Waals surface area contributed by atoms with Gasteiger partial charge in [-0.1, -0.05) is 25.7 Å². The van der Waals surface area contributed by atoms with Crippen LogP contribution < -0.4 is 15.5 Å². The van der Waals surface area contributed by atoms with Crippen LogP contribution >= 0.6 is 0 Å². The summed E-state index contributed by atoms with van der Waals surface area (Å²) in [5.41, 5.74) is 1.86. The first-order valence-corrected chi connectivity index (χ1v) is 11.1. The molecule has 0 aliphatic heterocycles. The lowest BCUT2D eigenvalue weighted by Gasteiger charge is -2.23. The smallest absolute Gasteiger partial charge is 0.227 e. The van der Waals surface area contributed by atoms with Gasteiger partial charge in [-0.2, -0.15) is 0 Å². The van der Waals surface area contributed by atoms with Gasteiger partial charge in [0.15, 0.2) is 5.43 Å². The largest absolute Gasteiger partial charge is 0.477 e. The van der Waals surface area contributed by atoms with Crippen LogP contribution in [0.25, 0.3) is 10.9 Å². The number of nitrogens with zero attached hydrogens (tertiary/aromatic N) is 2. The van der Waals surface area contributed by atoms with Crippen molar-refractivity contribution in [2.45, 2.75) is 71.8 Å². The first-order valence-electron chi connectivity index (χ1n) is 11.1. The molecular weight excluding hydrogens is 350 g/mol. The molecule has 5 nitrogen and oxygen atoms in total. The summed E-state index contributed by atoms with van der Waals surface area (Å²) < 4.78 is 8.07. The lowest BCUT2D eigenvalue weighted by Crippen LogP contribution is -2.21. The van der Waals surface area contributed by atoms with E-state index in [1.165, 1.54) is 51.4 Å². The van der Waals surface area contributed by atoms with Crippen LogP contribution in [-0.2, 0) is 6.54 Å². The van der Waals surface area contributed by atoms with E-state index < -0.39 is 0 Å². The number of hydrogen-bond donors (Lipinski definition) is 1. The van der Waals surface area contributed by atoms with Gasteiger partial charge in [-0.05, 0) is 57.4 Å². The maximum atomic E-state index is 13.0. The van der Waals surface area contributed by atoms with E-state index in [0.717, 1.165) is 36.0 Å². The highest BCUT2D eigenvalue weighted by Crippen LogP contribution is 2.31. The van der Waals surface area contributed by atoms with Crippen molar-refractivity contribution in [1.29, 1.82) is 0 Å². The summed E-state index contributed by atoms with van der Waals surface area (Å²) in [6.45, 7) is 6.33. The zero-order chi connectivity index (χ0) is 19.5. The van der Waals surface area contributed by atoms with Gasteiger partial charge < -0.3 is 14.6 Å². The summed E-state index contributed by atoms with van der Waals surface area (Å²) in [6, 6.07) is 3.82. The SMILES string of the molecule is CCOc1nc(C)cc2c1c(=O)cc(NCC1CCCC1)n2CC1CCCC1. The van der Waals surface area contributed by atoms with Gasteiger partial charge in [0.1, 0.15) is 11.2 Å². The molecule has 4 rings (SSSR count). The van der Waals surface area contributed by atoms with Crippen molar-refractivity contribution >= 4 is 16.7 Å². The number of anilines is 1. The van der Waals surface area contributed by atoms with Crippen molar-refractivity contribution in [3.05, 3.63) is 28.0 Å². The summed E-state index contributed by atoms with van der Waals surface area (Å²) in [5, 5.41) is 4.26. The van der Waals surface area contributed by atoms with Gasteiger partial charge in [-0.25, -0.2) is 4.98 Å². The molecule has 0 bridgehead atoms. The number of aromatic nitrogens is 2. The molecule has 28 heavy (non-hydrogen) atoms. The second-order valence-corrected chi connectivity index (χ2v) is 8.58. The third kappa shape index (κ3) is 4.03. The normalized spacial score (nSPS) is 18.2. The zero-order valence-electron chi connectivity index (χ0n) is 17.3. The Morgan fingerprint density at radius 2 is 1.79 bits per heavy atom. The number of ether oxygens (including phenoxy) is 1. The Balaban J connectivity index is 1.77. The maximum absolute atomic E-state index is 13.0. The lowest BCUT2D eigenvalue weighted by atomic mass is 10.1. The number of aryl methyl sites for hydroxylation is 1. The zero-order valence-corrected chi connectivity index (χ0v) is 17.3. The van der Waals surface area contributed by atoms with Gasteiger partial charge in [-0.15, -0.1) is 0 Å². The van der Waals surface area contributed by atoms with E-state index in [4.69, 9.17) is 4.74 Å². The van der Waals surface area contributed by atoms with Gasteiger partial charge in [0.25, 0.3) is 0 Å². The summed E-state index contributed by atoms with van der Waals surface area (Å²) >= 11 is 0. The van der Waals surface area contributed by atoms with Crippen molar-refractivity contribution in [2.75, 3.05) is 18.5 Å². The number of fused-ring (bicyclic) bond motifs is 1. The highest BCUT2D eigenvalue weighted by atomic mass is 16.5. The summed E-state index contributed by atoms with van der Waals surface area (Å²) in [7, 11) is 0. The van der Waals surface area contributed by atoms with Crippen LogP contribution in [0.15, 0.2) is 16.9 Å². The minimum atomic E-state index is 0.00236. The van der Waals surface area contributed by atoms with E-state index in [9.17, 15) is 4.79 Å². The van der Waals surface area contributed by atoms with E-state index in [-0.39, 0.29) is 5.43 Å². The van der Waals surface area contributed by atoms with Crippen molar-refractivity contribution in [2.24, 2.45) is 11.8 Å². The summed E-state index contributed by atoms with van der Waals surface area (Å²) in [4.78, 5) is 17.5. The van der Waals surface area contributed by atoms with Crippen LogP contribution in [0.1, 0.15) is 64.0 Å². The van der Waals surface area contributed by atoms with E-state index >= 15 is 0 Å². The molecule has 2 heterocycles. The summed E-state index contributed by atoms with van der Waals surface area (Å²) in [6.07, 6.45) is 10.5. The number of pyridine rings is 2. The number of hydrogen-bond acceptors (Lipinski definition) is 4. The quantitative estimate of drug-likeness (QED) is 0.739. The predicted molar refractivity (Wildman–Crippen MR) is 114 cm³/mol. The molecule has 1 N–H and O–H groups in total. The van der Waals surface area contributed by atoms with E-state index in [0.29, 0.717) is 23.8 Å². The first kappa shape index (κ1) is 19.3. The standard InChI is InChI=1S/C23H33N3O2/c1-3-28-23-22-19(12-16(2)25-23)26(15-18-10-6-7-11-18)21(13-20(22)27)24-14-17-8-4-5-9-17/h12-13,17-18,24H,3-11,14-15H2,1-2H3. The van der Waals surface area contributed by atoms with Gasteiger partial charge in [0.2, 0.25) is 5.88 Å². The second-order valence-electron chi connectivity index (χ2n) is 8.58. The Bertz CT molecular complexity index is 878. The monoisotopic (exact) mass is 383 g/mol. The molecule has 5 heteroatoms. The average Bonchev–Trinajstić information content (AvgIpc) is 3.36. The van der Waals surface area contributed by atoms with Crippen LogP contribution in [0.4, 0.5) is 5.82 Å². The Hall–Kier alpha value is -2.04. The molecule has 0 saturated heterocycles. The fourth-order valence-electron chi connectivity index (χ4n) is 4.98. The van der Waals surface area contributed by atoms with Gasteiger partial charge >= 0.3 is 0 Å². The van der Waals surface area contributed by atoms with Crippen molar-refractivity contribution < 1.29 is 4.74 Å². The molecule has 2 aromatic rings. The molecule has 2 aliphatic carbocycles. The number of nitrogens with one attached hydrogen (secondary N) is 1. The molecule has 0 radical (unpaired) electrons. The van der Waals surface area contributed by atoms with Gasteiger partial charge in [0.05, 0.1) is 12.1 Å². The predicted octanol–water partition coefficient (Wildman–Crippen LogP) is 4.90. The van der Waals surface area contributed by atoms with Crippen molar-refractivity contribution in [3.8, 4) is 5.88 Å². The molecule has 0 aromatic carbocycles. The highest BCUT2D eigenvalue weighted by Gasteiger charge is 2.22. The molecule has 2 aromatic heterocycles. The molecule has 2 saturated carbocycles. The van der Waals surface area contributed by atoms with Crippen LogP contribution in [0.5, 0.6) is 5.88 Å². The minimum absolute atomic E-state index is 0.00236. The van der Waals surface area contributed by atoms with Crippen LogP contribution in [-0.4, -0.2) is 22.7 Å². The molecular formula is C23H33N3O2. The molecule has 0 amide bonds. The Morgan fingerprint density at radius 1 is 1.11 bits per heavy atom. The molecule has 0 atom stereocenters. The molecule has 2 aliphatic rings. The third-order valence-electron chi connectivity index (χ3n) is 6.43. The van der Waals surface area contributed by atoms with Gasteiger partial charge in [-0.3, -0.25) is 4.79 Å². The van der Waals surface area contributed by atoms with Crippen LogP contribution in [0, 0.1) is 18.8 Å². The summed E-state index contributed by atoms with van der Waals surface area (Å²) in [5.74, 6) is 2.85. The molecule has 0 unspecified atom stereocenters. The molecule has 0 spiro atoms. The molecule has 2 fully saturated rings. The fourth-order valence-corrected chi connectivity index (χ4v) is 4.98. The number of rotatable bonds is 7. The Morgan fingerprint density at radius 3 is 2.46 bits per heavy atom.